The number of piperazine rings is 1. The van der Waals surface area contributed by atoms with Gasteiger partial charge in [-0.2, -0.15) is 14.8 Å². The van der Waals surface area contributed by atoms with Crippen molar-refractivity contribution in [2.24, 2.45) is 0 Å². The molecule has 0 aliphatic carbocycles. The van der Waals surface area contributed by atoms with Gasteiger partial charge in [0.05, 0.1) is 37.0 Å². The van der Waals surface area contributed by atoms with E-state index in [0.717, 1.165) is 53.7 Å². The van der Waals surface area contributed by atoms with Crippen LogP contribution in [0.2, 0.25) is 0 Å². The Bertz CT molecular complexity index is 1330. The van der Waals surface area contributed by atoms with Crippen LogP contribution in [-0.4, -0.2) is 107 Å². The van der Waals surface area contributed by atoms with Gasteiger partial charge in [-0.05, 0) is 19.2 Å². The number of likely N-dealkylation sites (N-methyl/N-ethyl adjacent to an activating group) is 1. The fourth-order valence-corrected chi connectivity index (χ4v) is 4.75. The number of carbonyl (C=O) groups excluding carboxylic acids is 1. The van der Waals surface area contributed by atoms with Crippen LogP contribution in [0.4, 0.5) is 5.95 Å². The number of carbonyl (C=O) groups is 1. The van der Waals surface area contributed by atoms with E-state index in [2.05, 4.69) is 44.0 Å². The highest BCUT2D eigenvalue weighted by molar-refractivity contribution is 6.03. The average Bonchev–Trinajstić information content (AvgIpc) is 3.52. The number of ether oxygens (including phenoxy) is 1. The third kappa shape index (κ3) is 3.83. The summed E-state index contributed by atoms with van der Waals surface area (Å²) >= 11 is 0. The van der Waals surface area contributed by atoms with Gasteiger partial charge in [0.25, 0.3) is 5.91 Å². The van der Waals surface area contributed by atoms with Gasteiger partial charge in [-0.15, -0.1) is 0 Å². The largest absolute Gasteiger partial charge is 0.378 e. The van der Waals surface area contributed by atoms with Gasteiger partial charge >= 0.3 is 0 Å². The summed E-state index contributed by atoms with van der Waals surface area (Å²) in [7, 11) is 2.11. The molecule has 2 aliphatic heterocycles. The lowest BCUT2D eigenvalue weighted by Crippen LogP contribution is -2.47. The highest BCUT2D eigenvalue weighted by Gasteiger charge is 2.24. The summed E-state index contributed by atoms with van der Waals surface area (Å²) in [5.41, 5.74) is 3.37. The van der Waals surface area contributed by atoms with Crippen LogP contribution in [0, 0.1) is 0 Å². The van der Waals surface area contributed by atoms with Crippen molar-refractivity contribution in [1.29, 1.82) is 0 Å². The zero-order valence-corrected chi connectivity index (χ0v) is 19.3. The molecule has 176 valence electrons. The molecule has 10 heteroatoms. The van der Waals surface area contributed by atoms with E-state index in [4.69, 9.17) is 14.7 Å². The fraction of sp³-hybridized carbons (Fsp3) is 0.417. The minimum absolute atomic E-state index is 0.0722. The monoisotopic (exact) mass is 460 g/mol. The molecule has 34 heavy (non-hydrogen) atoms. The van der Waals surface area contributed by atoms with Crippen LogP contribution < -0.4 is 4.90 Å². The molecular formula is C24H28N8O2. The lowest BCUT2D eigenvalue weighted by atomic mass is 10.0. The molecule has 0 atom stereocenters. The zero-order chi connectivity index (χ0) is 23.1. The first kappa shape index (κ1) is 21.2. The number of morpholine rings is 1. The van der Waals surface area contributed by atoms with E-state index in [1.54, 1.807) is 6.20 Å². The van der Waals surface area contributed by atoms with Crippen LogP contribution in [0.5, 0.6) is 0 Å². The number of hydrogen-bond donors (Lipinski definition) is 1. The van der Waals surface area contributed by atoms with E-state index in [0.29, 0.717) is 44.4 Å². The molecule has 2 saturated heterocycles. The van der Waals surface area contributed by atoms with Gasteiger partial charge in [-0.3, -0.25) is 9.69 Å². The lowest BCUT2D eigenvalue weighted by Gasteiger charge is -2.31. The van der Waals surface area contributed by atoms with Gasteiger partial charge in [0.15, 0.2) is 5.65 Å². The van der Waals surface area contributed by atoms with Crippen molar-refractivity contribution in [2.75, 3.05) is 71.0 Å². The Labute approximate surface area is 197 Å². The summed E-state index contributed by atoms with van der Waals surface area (Å²) in [5.74, 6) is 0.532. The van der Waals surface area contributed by atoms with Crippen LogP contribution >= 0.6 is 0 Å². The summed E-state index contributed by atoms with van der Waals surface area (Å²) in [5, 5.41) is 6.34. The van der Waals surface area contributed by atoms with Crippen LogP contribution in [0.3, 0.4) is 0 Å². The van der Waals surface area contributed by atoms with Gasteiger partial charge in [-0.1, -0.05) is 12.1 Å². The van der Waals surface area contributed by atoms with E-state index in [1.165, 1.54) is 4.68 Å². The Hall–Kier alpha value is -3.34. The van der Waals surface area contributed by atoms with Crippen molar-refractivity contribution in [2.45, 2.75) is 0 Å². The molecule has 0 bridgehead atoms. The number of nitrogens with one attached hydrogen (secondary N) is 1. The molecule has 0 radical (unpaired) electrons. The first-order valence-corrected chi connectivity index (χ1v) is 11.8. The summed E-state index contributed by atoms with van der Waals surface area (Å²) in [4.78, 5) is 33.0. The molecule has 0 amide bonds. The molecule has 2 fully saturated rings. The second kappa shape index (κ2) is 8.79. The second-order valence-corrected chi connectivity index (χ2v) is 8.98. The van der Waals surface area contributed by atoms with Crippen molar-refractivity contribution >= 4 is 33.8 Å². The number of rotatable bonds is 4. The quantitative estimate of drug-likeness (QED) is 0.492. The summed E-state index contributed by atoms with van der Waals surface area (Å²) in [6.07, 6.45) is 3.65. The SMILES string of the molecule is CN1CCN(CC(=O)n2ncc3c(-c4cccc5[nH]ccc45)nc(N4CCOCC4)nc32)CC1. The predicted molar refractivity (Wildman–Crippen MR) is 130 cm³/mol. The molecule has 0 spiro atoms. The van der Waals surface area contributed by atoms with Crippen LogP contribution in [0.15, 0.2) is 36.7 Å². The number of aromatic amines is 1. The Morgan fingerprint density at radius 2 is 1.85 bits per heavy atom. The molecule has 4 aromatic rings. The normalized spacial score (nSPS) is 18.2. The molecule has 6 rings (SSSR count). The van der Waals surface area contributed by atoms with E-state index in [-0.39, 0.29) is 5.91 Å². The number of anilines is 1. The first-order chi connectivity index (χ1) is 16.7. The standard InChI is InChI=1S/C24H28N8O2/c1-29-7-9-30(10-8-29)16-21(33)32-23-19(15-26-32)22(18-3-2-4-20-17(18)5-6-25-20)27-24(28-23)31-11-13-34-14-12-31/h2-6,15,25H,7-14,16H2,1H3. The van der Waals surface area contributed by atoms with Crippen LogP contribution in [0.25, 0.3) is 33.2 Å². The topological polar surface area (TPSA) is 95.4 Å². The van der Waals surface area contributed by atoms with Crippen molar-refractivity contribution in [1.82, 2.24) is 34.5 Å². The first-order valence-electron chi connectivity index (χ1n) is 11.8. The van der Waals surface area contributed by atoms with Crippen molar-refractivity contribution in [3.63, 3.8) is 0 Å². The van der Waals surface area contributed by atoms with Gasteiger partial charge in [0, 0.05) is 61.9 Å². The summed E-state index contributed by atoms with van der Waals surface area (Å²) in [6.45, 7) is 6.67. The van der Waals surface area contributed by atoms with Crippen molar-refractivity contribution in [3.05, 3.63) is 36.7 Å². The number of aromatic nitrogens is 5. The Morgan fingerprint density at radius 3 is 2.68 bits per heavy atom. The van der Waals surface area contributed by atoms with Gasteiger partial charge in [0.2, 0.25) is 5.95 Å². The molecule has 2 aliphatic rings. The van der Waals surface area contributed by atoms with Gasteiger partial charge in [-0.25, -0.2) is 4.98 Å². The van der Waals surface area contributed by atoms with Crippen LogP contribution in [0.1, 0.15) is 4.79 Å². The number of H-pyrrole nitrogens is 1. The minimum Gasteiger partial charge on any atom is -0.378 e. The summed E-state index contributed by atoms with van der Waals surface area (Å²) < 4.78 is 6.99. The Kier molecular flexibility index (Phi) is 5.48. The van der Waals surface area contributed by atoms with Gasteiger partial charge in [0.1, 0.15) is 0 Å². The molecule has 0 saturated carbocycles. The van der Waals surface area contributed by atoms with Crippen LogP contribution in [-0.2, 0) is 4.74 Å². The second-order valence-electron chi connectivity index (χ2n) is 8.98. The minimum atomic E-state index is -0.0722. The molecule has 1 N–H and O–H groups in total. The highest BCUT2D eigenvalue weighted by Crippen LogP contribution is 2.33. The van der Waals surface area contributed by atoms with E-state index in [1.807, 2.05) is 18.3 Å². The lowest BCUT2D eigenvalue weighted by molar-refractivity contribution is 0.0785. The van der Waals surface area contributed by atoms with Crippen molar-refractivity contribution in [3.8, 4) is 11.3 Å². The molecular weight excluding hydrogens is 432 g/mol. The molecule has 1 aromatic carbocycles. The van der Waals surface area contributed by atoms with E-state index >= 15 is 0 Å². The Balaban J connectivity index is 1.44. The summed E-state index contributed by atoms with van der Waals surface area (Å²) in [6, 6.07) is 8.17. The Morgan fingerprint density at radius 1 is 1.03 bits per heavy atom. The number of fused-ring (bicyclic) bond motifs is 2. The molecule has 3 aromatic heterocycles. The number of benzene rings is 1. The van der Waals surface area contributed by atoms with E-state index < -0.39 is 0 Å². The zero-order valence-electron chi connectivity index (χ0n) is 19.3. The highest BCUT2D eigenvalue weighted by atomic mass is 16.5. The smallest absolute Gasteiger partial charge is 0.263 e. The van der Waals surface area contributed by atoms with Gasteiger partial charge < -0.3 is 19.5 Å². The third-order valence-corrected chi connectivity index (χ3v) is 6.75. The van der Waals surface area contributed by atoms with E-state index in [9.17, 15) is 4.79 Å². The number of nitrogens with zero attached hydrogens (tertiary/aromatic N) is 7. The maximum Gasteiger partial charge on any atom is 0.263 e. The number of hydrogen-bond acceptors (Lipinski definition) is 8. The molecule has 10 nitrogen and oxygen atoms in total. The molecule has 5 heterocycles. The fourth-order valence-electron chi connectivity index (χ4n) is 4.75. The molecule has 0 unspecified atom stereocenters. The van der Waals surface area contributed by atoms with Crippen molar-refractivity contribution < 1.29 is 9.53 Å². The maximum absolute atomic E-state index is 13.3. The average molecular weight is 461 g/mol. The maximum atomic E-state index is 13.3. The third-order valence-electron chi connectivity index (χ3n) is 6.75. The predicted octanol–water partition coefficient (Wildman–Crippen LogP) is 1.70.